The van der Waals surface area contributed by atoms with E-state index in [1.54, 1.807) is 48.6 Å². The van der Waals surface area contributed by atoms with E-state index in [0.717, 1.165) is 19.6 Å². The minimum atomic E-state index is -2.46. The molecule has 4 N–H and O–H groups in total. The summed E-state index contributed by atoms with van der Waals surface area (Å²) >= 11 is -4.91. The molecule has 0 spiro atoms. The van der Waals surface area contributed by atoms with Crippen molar-refractivity contribution in [2.75, 3.05) is 21.3 Å². The number of hydrogen-bond acceptors (Lipinski definition) is 8. The van der Waals surface area contributed by atoms with E-state index in [9.17, 15) is 19.2 Å². The number of allylic oxidation sites excluding steroid dienone is 8. The van der Waals surface area contributed by atoms with Gasteiger partial charge in [-0.1, -0.05) is 0 Å². The monoisotopic (exact) mass is 1130 g/mol. The van der Waals surface area contributed by atoms with Crippen molar-refractivity contribution in [3.8, 4) is 0 Å². The maximum atomic E-state index is 12.3. The quantitative estimate of drug-likeness (QED) is 0.0308. The van der Waals surface area contributed by atoms with Gasteiger partial charge in [0.2, 0.25) is 0 Å². The van der Waals surface area contributed by atoms with Crippen LogP contribution in [0.1, 0.15) is 0 Å². The van der Waals surface area contributed by atoms with E-state index in [1.165, 1.54) is 31.3 Å². The summed E-state index contributed by atoms with van der Waals surface area (Å²) in [6, 6.07) is 40.8. The third-order valence-corrected chi connectivity index (χ3v) is 39.3. The summed E-state index contributed by atoms with van der Waals surface area (Å²) < 4.78 is 2.60. The molecule has 8 nitrogen and oxygen atoms in total. The summed E-state index contributed by atoms with van der Waals surface area (Å²) in [4.78, 5) is 53.5. The molecule has 322 valence electrons. The number of carbonyl (C=O) groups excluding carboxylic acids is 4. The van der Waals surface area contributed by atoms with E-state index in [2.05, 4.69) is 71.8 Å². The van der Waals surface area contributed by atoms with Crippen molar-refractivity contribution in [3.63, 3.8) is 0 Å². The van der Waals surface area contributed by atoms with E-state index >= 15 is 0 Å². The van der Waals surface area contributed by atoms with Crippen molar-refractivity contribution in [2.24, 2.45) is 0 Å². The Morgan fingerprint density at radius 3 is 0.734 bits per heavy atom. The van der Waals surface area contributed by atoms with Crippen LogP contribution in [0.2, 0.25) is 0 Å². The van der Waals surface area contributed by atoms with Gasteiger partial charge < -0.3 is 0 Å². The molecule has 64 heavy (non-hydrogen) atoms. The Hall–Kier alpha value is -5.06. The molecular formula is C50H44N4O4S4Sb2. The van der Waals surface area contributed by atoms with Crippen molar-refractivity contribution in [3.05, 3.63) is 221 Å². The number of amides is 4. The van der Waals surface area contributed by atoms with Crippen LogP contribution in [0.3, 0.4) is 0 Å². The average molecular weight is 1140 g/mol. The van der Waals surface area contributed by atoms with Gasteiger partial charge in [0.1, 0.15) is 0 Å². The van der Waals surface area contributed by atoms with Crippen molar-refractivity contribution >= 4 is 124 Å². The SMILES string of the molecule is C=CC=CC(=O)Nc1ccc([S][Sb]([S]c2ccc(NC(=O)C=CC=C)cc2)[c]2cc[c]([Sb]([S]c3ccc(NC(=O)C=CC=C)cc3)[S]c3ccc(NC(=O)C=CC=C)cc3)cc2)cc1. The third-order valence-electron chi connectivity index (χ3n) is 8.05. The number of carbonyl (C=O) groups is 4. The topological polar surface area (TPSA) is 116 Å². The normalized spacial score (nSPS) is 11.3. The van der Waals surface area contributed by atoms with Gasteiger partial charge in [-0.15, -0.1) is 0 Å². The number of benzene rings is 5. The summed E-state index contributed by atoms with van der Waals surface area (Å²) in [6.45, 7) is 14.5. The predicted octanol–water partition coefficient (Wildman–Crippen LogP) is 11.0. The first-order chi connectivity index (χ1) is 31.1. The molecule has 0 aliphatic heterocycles. The van der Waals surface area contributed by atoms with E-state index in [1.807, 2.05) is 132 Å². The van der Waals surface area contributed by atoms with Gasteiger partial charge in [-0.05, 0) is 0 Å². The van der Waals surface area contributed by atoms with E-state index < -0.39 is 34.8 Å². The van der Waals surface area contributed by atoms with E-state index in [4.69, 9.17) is 0 Å². The van der Waals surface area contributed by atoms with Crippen LogP contribution in [0.15, 0.2) is 240 Å². The minimum absolute atomic E-state index is 0.224. The average Bonchev–Trinajstić information content (AvgIpc) is 3.31. The summed E-state index contributed by atoms with van der Waals surface area (Å²) in [5, 5.41) is 11.6. The molecule has 5 aromatic carbocycles. The number of nitrogens with one attached hydrogen (secondary N) is 4. The van der Waals surface area contributed by atoms with Crippen LogP contribution in [0.4, 0.5) is 22.7 Å². The van der Waals surface area contributed by atoms with Crippen LogP contribution in [0.5, 0.6) is 0 Å². The molecule has 0 bridgehead atoms. The molecule has 0 aromatic heterocycles. The zero-order valence-electron chi connectivity index (χ0n) is 34.5. The molecule has 0 saturated heterocycles. The Balaban J connectivity index is 1.41. The van der Waals surface area contributed by atoms with Gasteiger partial charge in [-0.2, -0.15) is 0 Å². The molecule has 0 saturated carbocycles. The van der Waals surface area contributed by atoms with Crippen molar-refractivity contribution < 1.29 is 19.2 Å². The third kappa shape index (κ3) is 17.5. The Kier molecular flexibility index (Phi) is 21.3. The van der Waals surface area contributed by atoms with Crippen molar-refractivity contribution in [1.82, 2.24) is 0 Å². The molecule has 0 radical (unpaired) electrons. The fourth-order valence-corrected chi connectivity index (χ4v) is 36.3. The van der Waals surface area contributed by atoms with Gasteiger partial charge in [-0.3, -0.25) is 0 Å². The first kappa shape index (κ1) is 49.9. The molecule has 4 amide bonds. The summed E-state index contributed by atoms with van der Waals surface area (Å²) in [5.74, 6) is -0.896. The number of anilines is 4. The Bertz CT molecular complexity index is 2210. The second-order valence-corrected chi connectivity index (χ2v) is 40.5. The Labute approximate surface area is 400 Å². The predicted molar refractivity (Wildman–Crippen MR) is 278 cm³/mol. The molecular weight excluding hydrogens is 1090 g/mol. The molecule has 0 heterocycles. The molecule has 14 heteroatoms. The molecule has 0 aliphatic carbocycles. The molecule has 0 unspecified atom stereocenters. The van der Waals surface area contributed by atoms with Crippen LogP contribution >= 0.6 is 35.4 Å². The van der Waals surface area contributed by atoms with Gasteiger partial charge in [-0.25, -0.2) is 0 Å². The van der Waals surface area contributed by atoms with Crippen LogP contribution in [-0.4, -0.2) is 58.4 Å². The van der Waals surface area contributed by atoms with Gasteiger partial charge in [0, 0.05) is 0 Å². The van der Waals surface area contributed by atoms with Crippen LogP contribution in [-0.2, 0) is 19.2 Å². The van der Waals surface area contributed by atoms with Crippen molar-refractivity contribution in [1.29, 1.82) is 0 Å². The van der Waals surface area contributed by atoms with Crippen LogP contribution < -0.4 is 28.3 Å². The summed E-state index contributed by atoms with van der Waals surface area (Å²) in [7, 11) is 7.54. The van der Waals surface area contributed by atoms with Gasteiger partial charge >= 0.3 is 404 Å². The molecule has 0 atom stereocenters. The second kappa shape index (κ2) is 27.3. The standard InChI is InChI=1S/4C11H11NOS.C6H4.2Sb/c4*1-2-3-4-11(13)12-9-5-7-10(14)8-6-9;1-2-4-6-5-3-1;;/h4*2-8,14H,1H2,(H,12,13);1-2,5-6H;;/q;;;;;2*+2/p-4. The summed E-state index contributed by atoms with van der Waals surface area (Å²) in [5.41, 5.74) is 2.82. The first-order valence-electron chi connectivity index (χ1n) is 19.4. The van der Waals surface area contributed by atoms with Crippen molar-refractivity contribution in [2.45, 2.75) is 19.6 Å². The second-order valence-electron chi connectivity index (χ2n) is 12.8. The zero-order valence-corrected chi connectivity index (χ0v) is 42.8. The van der Waals surface area contributed by atoms with Gasteiger partial charge in [0.25, 0.3) is 0 Å². The van der Waals surface area contributed by atoms with Crippen LogP contribution in [0, 0.1) is 0 Å². The maximum absolute atomic E-state index is 12.3. The van der Waals surface area contributed by atoms with Gasteiger partial charge in [0.15, 0.2) is 0 Å². The van der Waals surface area contributed by atoms with Crippen LogP contribution in [0.25, 0.3) is 0 Å². The Morgan fingerprint density at radius 1 is 0.344 bits per heavy atom. The zero-order chi connectivity index (χ0) is 45.5. The molecule has 5 rings (SSSR count). The van der Waals surface area contributed by atoms with Gasteiger partial charge in [0.05, 0.1) is 0 Å². The molecule has 0 fully saturated rings. The first-order valence-corrected chi connectivity index (χ1v) is 37.5. The number of hydrogen-bond donors (Lipinski definition) is 4. The molecule has 5 aromatic rings. The van der Waals surface area contributed by atoms with E-state index in [0.29, 0.717) is 22.7 Å². The fourth-order valence-electron chi connectivity index (χ4n) is 5.08. The Morgan fingerprint density at radius 2 is 0.547 bits per heavy atom. The fraction of sp³-hybridized carbons (Fsp3) is 0. The number of rotatable bonds is 22. The summed E-state index contributed by atoms with van der Waals surface area (Å²) in [6.07, 6.45) is 18.4. The van der Waals surface area contributed by atoms with E-state index in [-0.39, 0.29) is 23.6 Å². The molecule has 0 aliphatic rings.